The highest BCUT2D eigenvalue weighted by Crippen LogP contribution is 2.44. The van der Waals surface area contributed by atoms with Gasteiger partial charge >= 0.3 is 5.97 Å². The van der Waals surface area contributed by atoms with Crippen molar-refractivity contribution in [2.24, 2.45) is 11.8 Å². The largest absolute Gasteiger partial charge is 0.463 e. The highest BCUT2D eigenvalue weighted by Gasteiger charge is 2.38. The summed E-state index contributed by atoms with van der Waals surface area (Å²) in [5, 5.41) is 0. The summed E-state index contributed by atoms with van der Waals surface area (Å²) in [6.45, 7) is 2.59. The summed E-state index contributed by atoms with van der Waals surface area (Å²) in [7, 11) is 0. The maximum absolute atomic E-state index is 11.8. The van der Waals surface area contributed by atoms with E-state index in [1.165, 1.54) is 0 Å². The monoisotopic (exact) mass is 236 g/mol. The molecule has 0 aromatic heterocycles. The summed E-state index contributed by atoms with van der Waals surface area (Å²) in [6, 6.07) is 0. The maximum atomic E-state index is 11.8. The fraction of sp³-hybridized carbons (Fsp3) is 0.538. The minimum Gasteiger partial charge on any atom is -0.463 e. The van der Waals surface area contributed by atoms with Crippen LogP contribution in [-0.2, 0) is 19.1 Å². The highest BCUT2D eigenvalue weighted by atomic mass is 16.5. The van der Waals surface area contributed by atoms with Crippen LogP contribution in [0.2, 0.25) is 0 Å². The van der Waals surface area contributed by atoms with E-state index >= 15 is 0 Å². The topological polar surface area (TPSA) is 52.6 Å². The van der Waals surface area contributed by atoms with Crippen LogP contribution in [0.25, 0.3) is 0 Å². The number of allylic oxidation sites excluding steroid dienone is 2. The van der Waals surface area contributed by atoms with Gasteiger partial charge in [-0.2, -0.15) is 0 Å². The molecular weight excluding hydrogens is 220 g/mol. The smallest absolute Gasteiger partial charge is 0.334 e. The normalized spacial score (nSPS) is 25.5. The van der Waals surface area contributed by atoms with Crippen LogP contribution in [0.15, 0.2) is 23.3 Å². The summed E-state index contributed by atoms with van der Waals surface area (Å²) in [5.41, 5.74) is 1.73. The van der Waals surface area contributed by atoms with Gasteiger partial charge in [0.25, 0.3) is 0 Å². The molecule has 2 aliphatic carbocycles. The van der Waals surface area contributed by atoms with E-state index in [2.05, 4.69) is 12.2 Å². The first kappa shape index (κ1) is 12.0. The van der Waals surface area contributed by atoms with Gasteiger partial charge in [0.15, 0.2) is 0 Å². The second kappa shape index (κ2) is 5.27. The van der Waals surface area contributed by atoms with E-state index in [0.717, 1.165) is 17.6 Å². The second-order valence-corrected chi connectivity index (χ2v) is 4.17. The minimum atomic E-state index is -0.242. The number of carbonyl (C=O) groups is 2. The van der Waals surface area contributed by atoms with Crippen molar-refractivity contribution in [2.75, 3.05) is 19.8 Å². The number of hydrogen-bond donors (Lipinski definition) is 0. The Bertz CT molecular complexity index is 381. The van der Waals surface area contributed by atoms with Gasteiger partial charge in [-0.05, 0) is 18.9 Å². The lowest BCUT2D eigenvalue weighted by Gasteiger charge is -2.14. The molecule has 0 spiro atoms. The SMILES string of the molecule is CCOC(=O)C1=C(COCC=O)[C@@H]2C=C[C@H]1C2. The van der Waals surface area contributed by atoms with Crippen LogP contribution in [0.3, 0.4) is 0 Å². The molecule has 0 aromatic carbocycles. The van der Waals surface area contributed by atoms with Crippen molar-refractivity contribution >= 4 is 12.3 Å². The van der Waals surface area contributed by atoms with Gasteiger partial charge in [-0.3, -0.25) is 0 Å². The number of carbonyl (C=O) groups excluding carboxylic acids is 2. The number of rotatable bonds is 6. The van der Waals surface area contributed by atoms with E-state index in [-0.39, 0.29) is 24.4 Å². The molecule has 0 amide bonds. The Morgan fingerprint density at radius 1 is 1.47 bits per heavy atom. The molecule has 0 aliphatic heterocycles. The number of hydrogen-bond acceptors (Lipinski definition) is 4. The lowest BCUT2D eigenvalue weighted by Crippen LogP contribution is -2.16. The molecular formula is C13H16O4. The molecule has 0 unspecified atom stereocenters. The third kappa shape index (κ3) is 2.31. The Kier molecular flexibility index (Phi) is 3.74. The fourth-order valence-electron chi connectivity index (χ4n) is 2.50. The molecule has 4 nitrogen and oxygen atoms in total. The average Bonchev–Trinajstić information content (AvgIpc) is 2.90. The molecule has 2 atom stereocenters. The summed E-state index contributed by atoms with van der Waals surface area (Å²) >= 11 is 0. The van der Waals surface area contributed by atoms with E-state index in [1.54, 1.807) is 6.92 Å². The van der Waals surface area contributed by atoms with Crippen LogP contribution in [0.4, 0.5) is 0 Å². The lowest BCUT2D eigenvalue weighted by molar-refractivity contribution is -0.139. The van der Waals surface area contributed by atoms with Gasteiger partial charge in [0.2, 0.25) is 0 Å². The van der Waals surface area contributed by atoms with Gasteiger partial charge in [-0.25, -0.2) is 4.79 Å². The predicted octanol–water partition coefficient (Wildman–Crippen LogP) is 1.27. The first-order valence-electron chi connectivity index (χ1n) is 5.87. The molecule has 17 heavy (non-hydrogen) atoms. The number of fused-ring (bicyclic) bond motifs is 2. The highest BCUT2D eigenvalue weighted by molar-refractivity contribution is 5.92. The van der Waals surface area contributed by atoms with E-state index in [0.29, 0.717) is 19.5 Å². The van der Waals surface area contributed by atoms with Gasteiger partial charge in [-0.15, -0.1) is 0 Å². The molecule has 2 aliphatic rings. The van der Waals surface area contributed by atoms with E-state index in [1.807, 2.05) is 0 Å². The van der Waals surface area contributed by atoms with Crippen molar-refractivity contribution in [3.8, 4) is 0 Å². The number of esters is 1. The van der Waals surface area contributed by atoms with Crippen molar-refractivity contribution in [2.45, 2.75) is 13.3 Å². The third-order valence-electron chi connectivity index (χ3n) is 3.19. The molecule has 0 saturated heterocycles. The summed E-state index contributed by atoms with van der Waals surface area (Å²) < 4.78 is 10.3. The van der Waals surface area contributed by atoms with Crippen LogP contribution < -0.4 is 0 Å². The van der Waals surface area contributed by atoms with Gasteiger partial charge in [0, 0.05) is 17.4 Å². The van der Waals surface area contributed by atoms with Crippen molar-refractivity contribution in [1.29, 1.82) is 0 Å². The zero-order valence-electron chi connectivity index (χ0n) is 9.85. The molecule has 2 rings (SSSR count). The van der Waals surface area contributed by atoms with Gasteiger partial charge in [0.05, 0.1) is 13.2 Å². The zero-order chi connectivity index (χ0) is 12.3. The van der Waals surface area contributed by atoms with E-state index < -0.39 is 0 Å². The zero-order valence-corrected chi connectivity index (χ0v) is 9.85. The quantitative estimate of drug-likeness (QED) is 0.301. The Balaban J connectivity index is 2.10. The minimum absolute atomic E-state index is 0.0701. The molecule has 2 bridgehead atoms. The van der Waals surface area contributed by atoms with Crippen LogP contribution >= 0.6 is 0 Å². The van der Waals surface area contributed by atoms with E-state index in [9.17, 15) is 9.59 Å². The lowest BCUT2D eigenvalue weighted by atomic mass is 9.97. The van der Waals surface area contributed by atoms with Gasteiger partial charge in [0.1, 0.15) is 12.9 Å². The Labute approximate surface area is 100 Å². The predicted molar refractivity (Wildman–Crippen MR) is 61.3 cm³/mol. The van der Waals surface area contributed by atoms with Gasteiger partial charge < -0.3 is 14.3 Å². The molecule has 0 fully saturated rings. The van der Waals surface area contributed by atoms with Crippen LogP contribution in [0, 0.1) is 11.8 Å². The maximum Gasteiger partial charge on any atom is 0.334 e. The molecule has 0 radical (unpaired) electrons. The standard InChI is InChI=1S/C13H16O4/c1-2-17-13(15)12-10-4-3-9(7-10)11(12)8-16-6-5-14/h3-5,9-10H,2,6-8H2,1H3/t9-,10+/m1/s1. The molecule has 0 heterocycles. The summed E-state index contributed by atoms with van der Waals surface area (Å²) in [6.07, 6.45) is 5.81. The van der Waals surface area contributed by atoms with Gasteiger partial charge in [-0.1, -0.05) is 12.2 Å². The van der Waals surface area contributed by atoms with Crippen LogP contribution in [0.1, 0.15) is 13.3 Å². The Morgan fingerprint density at radius 2 is 2.24 bits per heavy atom. The van der Waals surface area contributed by atoms with Crippen molar-refractivity contribution in [3.63, 3.8) is 0 Å². The summed E-state index contributed by atoms with van der Waals surface area (Å²) in [5.74, 6) is 0.217. The first-order chi connectivity index (χ1) is 8.27. The van der Waals surface area contributed by atoms with Crippen molar-refractivity contribution < 1.29 is 19.1 Å². The van der Waals surface area contributed by atoms with E-state index in [4.69, 9.17) is 9.47 Å². The second-order valence-electron chi connectivity index (χ2n) is 4.17. The van der Waals surface area contributed by atoms with Crippen LogP contribution in [0.5, 0.6) is 0 Å². The molecule has 0 saturated carbocycles. The molecule has 0 aromatic rings. The Hall–Kier alpha value is -1.42. The number of ether oxygens (including phenoxy) is 2. The first-order valence-corrected chi connectivity index (χ1v) is 5.87. The Morgan fingerprint density at radius 3 is 2.94 bits per heavy atom. The van der Waals surface area contributed by atoms with Crippen LogP contribution in [-0.4, -0.2) is 32.1 Å². The molecule has 0 N–H and O–H groups in total. The molecule has 4 heteroatoms. The average molecular weight is 236 g/mol. The number of aldehydes is 1. The van der Waals surface area contributed by atoms with Crippen molar-refractivity contribution in [1.82, 2.24) is 0 Å². The van der Waals surface area contributed by atoms with Crippen molar-refractivity contribution in [3.05, 3.63) is 23.3 Å². The molecule has 92 valence electrons. The summed E-state index contributed by atoms with van der Waals surface area (Å²) in [4.78, 5) is 22.0. The third-order valence-corrected chi connectivity index (χ3v) is 3.19. The fourth-order valence-corrected chi connectivity index (χ4v) is 2.50.